The molecule has 1 rings (SSSR count). The van der Waals surface area contributed by atoms with Crippen molar-refractivity contribution in [2.75, 3.05) is 13.2 Å². The number of hydrogen-bond acceptors (Lipinski definition) is 3. The van der Waals surface area contributed by atoms with Crippen molar-refractivity contribution < 1.29 is 10.2 Å². The number of aliphatic hydroxyl groups excluding tert-OH is 2. The Hall–Kier alpha value is -0.870. The number of aromatic nitrogens is 2. The lowest BCUT2D eigenvalue weighted by Gasteiger charge is -2.03. The van der Waals surface area contributed by atoms with Crippen LogP contribution in [0.1, 0.15) is 12.2 Å². The molecule has 4 heteroatoms. The molecule has 1 aromatic heterocycles. The Kier molecular flexibility index (Phi) is 3.76. The number of aryl methyl sites for hydroxylation is 1. The number of imidazole rings is 1. The van der Waals surface area contributed by atoms with Crippen molar-refractivity contribution >= 4 is 0 Å². The van der Waals surface area contributed by atoms with Gasteiger partial charge in [0.1, 0.15) is 5.82 Å². The molecular formula is C8H14N2O2. The van der Waals surface area contributed by atoms with E-state index in [0.29, 0.717) is 6.54 Å². The van der Waals surface area contributed by atoms with E-state index in [9.17, 15) is 0 Å². The molecule has 0 amide bonds. The van der Waals surface area contributed by atoms with Gasteiger partial charge in [-0.2, -0.15) is 0 Å². The summed E-state index contributed by atoms with van der Waals surface area (Å²) >= 11 is 0. The molecule has 0 saturated heterocycles. The van der Waals surface area contributed by atoms with Gasteiger partial charge in [-0.25, -0.2) is 4.98 Å². The molecule has 1 aromatic rings. The van der Waals surface area contributed by atoms with Crippen molar-refractivity contribution in [2.24, 2.45) is 0 Å². The smallest absolute Gasteiger partial charge is 0.108 e. The minimum atomic E-state index is 0.127. The van der Waals surface area contributed by atoms with Crippen molar-refractivity contribution in [3.63, 3.8) is 0 Å². The molecule has 0 aromatic carbocycles. The SMILES string of the molecule is OCCCc1nccn1CCO. The molecule has 12 heavy (non-hydrogen) atoms. The molecule has 68 valence electrons. The summed E-state index contributed by atoms with van der Waals surface area (Å²) in [5, 5.41) is 17.3. The van der Waals surface area contributed by atoms with Crippen LogP contribution in [0.2, 0.25) is 0 Å². The van der Waals surface area contributed by atoms with Crippen LogP contribution in [0.15, 0.2) is 12.4 Å². The molecule has 0 atom stereocenters. The standard InChI is InChI=1S/C8H14N2O2/c11-6-1-2-8-9-3-4-10(8)5-7-12/h3-4,11-12H,1-2,5-7H2. The molecule has 0 aliphatic rings. The van der Waals surface area contributed by atoms with Gasteiger partial charge in [0, 0.05) is 32.0 Å². The average Bonchev–Trinajstić information content (AvgIpc) is 2.50. The van der Waals surface area contributed by atoms with Gasteiger partial charge >= 0.3 is 0 Å². The molecule has 0 bridgehead atoms. The third-order valence-corrected chi connectivity index (χ3v) is 1.70. The fourth-order valence-electron chi connectivity index (χ4n) is 1.12. The fraction of sp³-hybridized carbons (Fsp3) is 0.625. The third kappa shape index (κ3) is 2.32. The zero-order valence-electron chi connectivity index (χ0n) is 6.98. The lowest BCUT2D eigenvalue weighted by atomic mass is 10.3. The van der Waals surface area contributed by atoms with Crippen LogP contribution in [0.25, 0.3) is 0 Å². The highest BCUT2D eigenvalue weighted by atomic mass is 16.3. The topological polar surface area (TPSA) is 58.3 Å². The van der Waals surface area contributed by atoms with Crippen LogP contribution < -0.4 is 0 Å². The van der Waals surface area contributed by atoms with E-state index in [1.807, 2.05) is 10.8 Å². The minimum Gasteiger partial charge on any atom is -0.396 e. The van der Waals surface area contributed by atoms with Gasteiger partial charge in [0.2, 0.25) is 0 Å². The van der Waals surface area contributed by atoms with Crippen LogP contribution in [0, 0.1) is 0 Å². The zero-order valence-corrected chi connectivity index (χ0v) is 6.98. The van der Waals surface area contributed by atoms with Gasteiger partial charge in [0.05, 0.1) is 6.61 Å². The second-order valence-corrected chi connectivity index (χ2v) is 2.59. The number of rotatable bonds is 5. The molecule has 0 spiro atoms. The van der Waals surface area contributed by atoms with E-state index in [4.69, 9.17) is 10.2 Å². The normalized spacial score (nSPS) is 10.5. The summed E-state index contributed by atoms with van der Waals surface area (Å²) < 4.78 is 1.90. The third-order valence-electron chi connectivity index (χ3n) is 1.70. The molecule has 0 unspecified atom stereocenters. The van der Waals surface area contributed by atoms with Gasteiger partial charge in [0.15, 0.2) is 0 Å². The molecule has 4 nitrogen and oxygen atoms in total. The summed E-state index contributed by atoms with van der Waals surface area (Å²) in [4.78, 5) is 4.11. The molecule has 0 aliphatic carbocycles. The predicted octanol–water partition coefficient (Wildman–Crippen LogP) is -0.200. The maximum Gasteiger partial charge on any atom is 0.108 e. The summed E-state index contributed by atoms with van der Waals surface area (Å²) in [5.74, 6) is 0.929. The first kappa shape index (κ1) is 9.22. The second kappa shape index (κ2) is 4.90. The highest BCUT2D eigenvalue weighted by Crippen LogP contribution is 2.00. The lowest BCUT2D eigenvalue weighted by Crippen LogP contribution is -2.06. The minimum absolute atomic E-state index is 0.127. The van der Waals surface area contributed by atoms with Gasteiger partial charge < -0.3 is 14.8 Å². The Morgan fingerprint density at radius 1 is 1.33 bits per heavy atom. The monoisotopic (exact) mass is 170 g/mol. The Morgan fingerprint density at radius 3 is 2.83 bits per heavy atom. The first-order valence-electron chi connectivity index (χ1n) is 4.10. The Labute approximate surface area is 71.5 Å². The zero-order chi connectivity index (χ0) is 8.81. The highest BCUT2D eigenvalue weighted by Gasteiger charge is 2.00. The maximum atomic E-state index is 8.69. The Bertz CT molecular complexity index is 223. The van der Waals surface area contributed by atoms with Crippen molar-refractivity contribution in [2.45, 2.75) is 19.4 Å². The summed E-state index contributed by atoms with van der Waals surface area (Å²) in [5.41, 5.74) is 0. The van der Waals surface area contributed by atoms with Gasteiger partial charge in [-0.3, -0.25) is 0 Å². The largest absolute Gasteiger partial charge is 0.396 e. The summed E-state index contributed by atoms with van der Waals surface area (Å²) in [6.07, 6.45) is 5.04. The van der Waals surface area contributed by atoms with Crippen molar-refractivity contribution in [3.05, 3.63) is 18.2 Å². The van der Waals surface area contributed by atoms with Crippen LogP contribution in [0.4, 0.5) is 0 Å². The van der Waals surface area contributed by atoms with Crippen LogP contribution >= 0.6 is 0 Å². The number of hydrogen-bond donors (Lipinski definition) is 2. The first-order chi connectivity index (χ1) is 5.88. The first-order valence-corrected chi connectivity index (χ1v) is 4.10. The van der Waals surface area contributed by atoms with E-state index in [2.05, 4.69) is 4.98 Å². The van der Waals surface area contributed by atoms with Crippen LogP contribution in [0.3, 0.4) is 0 Å². The summed E-state index contributed by atoms with van der Waals surface area (Å²) in [7, 11) is 0. The lowest BCUT2D eigenvalue weighted by molar-refractivity contribution is 0.270. The molecule has 2 N–H and O–H groups in total. The number of nitrogens with zero attached hydrogens (tertiary/aromatic N) is 2. The Morgan fingerprint density at radius 2 is 2.17 bits per heavy atom. The predicted molar refractivity (Wildman–Crippen MR) is 44.7 cm³/mol. The summed E-state index contributed by atoms with van der Waals surface area (Å²) in [6.45, 7) is 0.898. The van der Waals surface area contributed by atoms with Crippen molar-refractivity contribution in [1.29, 1.82) is 0 Å². The molecule has 0 fully saturated rings. The van der Waals surface area contributed by atoms with Gasteiger partial charge in [0.25, 0.3) is 0 Å². The molecule has 0 aliphatic heterocycles. The molecular weight excluding hydrogens is 156 g/mol. The quantitative estimate of drug-likeness (QED) is 0.643. The van der Waals surface area contributed by atoms with Crippen LogP contribution in [-0.2, 0) is 13.0 Å². The van der Waals surface area contributed by atoms with E-state index in [1.54, 1.807) is 6.20 Å². The van der Waals surface area contributed by atoms with Gasteiger partial charge in [-0.05, 0) is 6.42 Å². The van der Waals surface area contributed by atoms with E-state index in [0.717, 1.165) is 18.7 Å². The number of aliphatic hydroxyl groups is 2. The van der Waals surface area contributed by atoms with E-state index in [-0.39, 0.29) is 13.2 Å². The van der Waals surface area contributed by atoms with Crippen LogP contribution in [-0.4, -0.2) is 33.0 Å². The molecule has 0 saturated carbocycles. The van der Waals surface area contributed by atoms with Gasteiger partial charge in [-0.15, -0.1) is 0 Å². The van der Waals surface area contributed by atoms with E-state index < -0.39 is 0 Å². The second-order valence-electron chi connectivity index (χ2n) is 2.59. The van der Waals surface area contributed by atoms with E-state index >= 15 is 0 Å². The summed E-state index contributed by atoms with van der Waals surface area (Å²) in [6, 6.07) is 0. The van der Waals surface area contributed by atoms with Crippen LogP contribution in [0.5, 0.6) is 0 Å². The van der Waals surface area contributed by atoms with Crippen molar-refractivity contribution in [3.8, 4) is 0 Å². The molecule has 0 radical (unpaired) electrons. The Balaban J connectivity index is 2.51. The van der Waals surface area contributed by atoms with Crippen molar-refractivity contribution in [1.82, 2.24) is 9.55 Å². The fourth-order valence-corrected chi connectivity index (χ4v) is 1.12. The van der Waals surface area contributed by atoms with Gasteiger partial charge in [-0.1, -0.05) is 0 Å². The molecule has 1 heterocycles. The highest BCUT2D eigenvalue weighted by molar-refractivity contribution is 4.92. The van der Waals surface area contributed by atoms with E-state index in [1.165, 1.54) is 0 Å². The maximum absolute atomic E-state index is 8.69. The average molecular weight is 170 g/mol.